The number of hydrogen-bond donors (Lipinski definition) is 2. The first kappa shape index (κ1) is 14.7. The smallest absolute Gasteiger partial charge is 0.271 e. The molecule has 0 amide bonds. The molecule has 0 radical (unpaired) electrons. The molecule has 0 saturated carbocycles. The highest BCUT2D eigenvalue weighted by molar-refractivity contribution is 6.64. The van der Waals surface area contributed by atoms with Gasteiger partial charge in [0.25, 0.3) is 5.69 Å². The van der Waals surface area contributed by atoms with E-state index in [0.29, 0.717) is 5.69 Å². The van der Waals surface area contributed by atoms with Crippen LogP contribution in [0.3, 0.4) is 0 Å². The summed E-state index contributed by atoms with van der Waals surface area (Å²) in [6.07, 6.45) is 4.13. The fourth-order valence-electron chi connectivity index (χ4n) is 1.10. The molecule has 0 fully saturated rings. The van der Waals surface area contributed by atoms with Crippen molar-refractivity contribution < 1.29 is 9.66 Å². The molecule has 2 N–H and O–H groups in total. The van der Waals surface area contributed by atoms with Gasteiger partial charge in [-0.1, -0.05) is 6.07 Å². The van der Waals surface area contributed by atoms with Crippen LogP contribution in [0.4, 0.5) is 11.4 Å². The van der Waals surface area contributed by atoms with Crippen LogP contribution in [0.15, 0.2) is 41.6 Å². The molecule has 0 aliphatic rings. The minimum absolute atomic E-state index is 0.00769. The number of ether oxygens (including phenoxy) is 1. The van der Waals surface area contributed by atoms with E-state index in [2.05, 4.69) is 10.3 Å². The molecular formula is C11H11ClN4O3. The summed E-state index contributed by atoms with van der Waals surface area (Å²) in [6.45, 7) is 0.143. The van der Waals surface area contributed by atoms with E-state index in [0.717, 1.165) is 0 Å². The second-order valence-corrected chi connectivity index (χ2v) is 3.55. The second kappa shape index (κ2) is 7.83. The van der Waals surface area contributed by atoms with Crippen molar-refractivity contribution in [1.29, 1.82) is 5.41 Å². The highest BCUT2D eigenvalue weighted by Crippen LogP contribution is 2.16. The molecule has 0 bridgehead atoms. The third-order valence-corrected chi connectivity index (χ3v) is 1.96. The number of allylic oxidation sites excluding steroid dienone is 1. The minimum Gasteiger partial charge on any atom is -0.481 e. The van der Waals surface area contributed by atoms with E-state index < -0.39 is 4.92 Å². The van der Waals surface area contributed by atoms with Gasteiger partial charge < -0.3 is 10.1 Å². The third kappa shape index (κ3) is 6.18. The molecule has 0 unspecified atom stereocenters. The van der Waals surface area contributed by atoms with Crippen molar-refractivity contribution >= 4 is 34.5 Å². The summed E-state index contributed by atoms with van der Waals surface area (Å²) in [6, 6.07) is 6.08. The van der Waals surface area contributed by atoms with Crippen molar-refractivity contribution in [3.8, 4) is 0 Å². The van der Waals surface area contributed by atoms with Gasteiger partial charge in [-0.15, -0.1) is 0 Å². The number of hydrogen-bond acceptors (Lipinski definition) is 5. The molecule has 0 heterocycles. The predicted molar refractivity (Wildman–Crippen MR) is 73.9 cm³/mol. The van der Waals surface area contributed by atoms with Gasteiger partial charge >= 0.3 is 0 Å². The van der Waals surface area contributed by atoms with Crippen molar-refractivity contribution in [1.82, 2.24) is 0 Å². The van der Waals surface area contributed by atoms with Gasteiger partial charge in [-0.25, -0.2) is 4.99 Å². The monoisotopic (exact) mass is 282 g/mol. The topological polar surface area (TPSA) is 101 Å². The van der Waals surface area contributed by atoms with Crippen LogP contribution in [-0.4, -0.2) is 23.2 Å². The van der Waals surface area contributed by atoms with Crippen LogP contribution in [0.25, 0.3) is 0 Å². The first-order valence-electron chi connectivity index (χ1n) is 5.13. The molecule has 0 aliphatic carbocycles. The molecule has 0 aromatic heterocycles. The van der Waals surface area contributed by atoms with Gasteiger partial charge in [0.1, 0.15) is 0 Å². The van der Waals surface area contributed by atoms with E-state index in [-0.39, 0.29) is 17.7 Å². The minimum atomic E-state index is -0.469. The Morgan fingerprint density at radius 2 is 2.42 bits per heavy atom. The van der Waals surface area contributed by atoms with Crippen LogP contribution >= 0.6 is 11.6 Å². The molecule has 0 spiro atoms. The Labute approximate surface area is 114 Å². The summed E-state index contributed by atoms with van der Waals surface area (Å²) in [5.74, 6) is 0. The Balaban J connectivity index is 2.35. The fraction of sp³-hybridized carbons (Fsp3) is 0.0909. The molecule has 1 rings (SSSR count). The summed E-state index contributed by atoms with van der Waals surface area (Å²) >= 11 is 5.18. The van der Waals surface area contributed by atoms with Gasteiger partial charge in [0, 0.05) is 24.0 Å². The number of rotatable bonds is 6. The van der Waals surface area contributed by atoms with Gasteiger partial charge in [0.15, 0.2) is 6.73 Å². The lowest BCUT2D eigenvalue weighted by Gasteiger charge is -2.04. The first-order valence-corrected chi connectivity index (χ1v) is 5.50. The van der Waals surface area contributed by atoms with E-state index in [9.17, 15) is 10.1 Å². The molecule has 1 aromatic rings. The normalized spacial score (nSPS) is 10.8. The van der Waals surface area contributed by atoms with Crippen LogP contribution in [-0.2, 0) is 4.74 Å². The van der Waals surface area contributed by atoms with E-state index >= 15 is 0 Å². The van der Waals surface area contributed by atoms with Gasteiger partial charge in [0.05, 0.1) is 11.2 Å². The molecule has 1 aromatic carbocycles. The van der Waals surface area contributed by atoms with Crippen LogP contribution < -0.4 is 5.32 Å². The van der Waals surface area contributed by atoms with Gasteiger partial charge in [-0.3, -0.25) is 15.5 Å². The first-order chi connectivity index (χ1) is 9.09. The summed E-state index contributed by atoms with van der Waals surface area (Å²) in [4.78, 5) is 13.6. The van der Waals surface area contributed by atoms with Crippen LogP contribution in [0.5, 0.6) is 0 Å². The highest BCUT2D eigenvalue weighted by atomic mass is 35.5. The van der Waals surface area contributed by atoms with Crippen molar-refractivity contribution in [2.75, 3.05) is 12.0 Å². The van der Waals surface area contributed by atoms with Crippen molar-refractivity contribution in [3.05, 3.63) is 46.7 Å². The Kier molecular flexibility index (Phi) is 6.04. The van der Waals surface area contributed by atoms with Gasteiger partial charge in [0.2, 0.25) is 5.29 Å². The van der Waals surface area contributed by atoms with Crippen molar-refractivity contribution in [2.45, 2.75) is 0 Å². The number of nitrogens with one attached hydrogen (secondary N) is 2. The lowest BCUT2D eigenvalue weighted by Crippen LogP contribution is -2.02. The zero-order valence-electron chi connectivity index (χ0n) is 9.75. The van der Waals surface area contributed by atoms with Crippen LogP contribution in [0.1, 0.15) is 0 Å². The zero-order valence-corrected chi connectivity index (χ0v) is 10.5. The Morgan fingerprint density at radius 1 is 1.63 bits per heavy atom. The Morgan fingerprint density at radius 3 is 3.11 bits per heavy atom. The summed E-state index contributed by atoms with van der Waals surface area (Å²) in [7, 11) is 0. The van der Waals surface area contributed by atoms with Gasteiger partial charge in [-0.05, 0) is 23.7 Å². The zero-order chi connectivity index (χ0) is 14.1. The molecule has 8 heteroatoms. The number of amidine groups is 1. The maximum absolute atomic E-state index is 10.5. The number of nitrogens with zero attached hydrogens (tertiary/aromatic N) is 2. The fourth-order valence-corrected chi connectivity index (χ4v) is 1.16. The van der Waals surface area contributed by atoms with E-state index in [1.54, 1.807) is 12.1 Å². The number of nitro benzene ring substituents is 1. The summed E-state index contributed by atoms with van der Waals surface area (Å²) in [5, 5.41) is 19.9. The van der Waals surface area contributed by atoms with E-state index in [4.69, 9.17) is 21.7 Å². The van der Waals surface area contributed by atoms with E-state index in [1.165, 1.54) is 30.7 Å². The third-order valence-electron chi connectivity index (χ3n) is 1.87. The van der Waals surface area contributed by atoms with Crippen LogP contribution in [0.2, 0.25) is 0 Å². The molecule has 0 saturated heterocycles. The number of benzene rings is 1. The second-order valence-electron chi connectivity index (χ2n) is 3.19. The largest absolute Gasteiger partial charge is 0.481 e. The molecule has 7 nitrogen and oxygen atoms in total. The summed E-state index contributed by atoms with van der Waals surface area (Å²) in [5.41, 5.74) is 0.590. The predicted octanol–water partition coefficient (Wildman–Crippen LogP) is 2.74. The molecule has 19 heavy (non-hydrogen) atoms. The van der Waals surface area contributed by atoms with Gasteiger partial charge in [-0.2, -0.15) is 0 Å². The Bertz CT molecular complexity index is 516. The average molecular weight is 283 g/mol. The number of non-ortho nitro benzene ring substituents is 1. The maximum atomic E-state index is 10.5. The summed E-state index contributed by atoms with van der Waals surface area (Å²) < 4.78 is 5.05. The molecule has 100 valence electrons. The number of aliphatic imine (C=N–C) groups is 1. The average Bonchev–Trinajstić information content (AvgIpc) is 2.37. The van der Waals surface area contributed by atoms with E-state index in [1.807, 2.05) is 0 Å². The molecular weight excluding hydrogens is 272 g/mol. The highest BCUT2D eigenvalue weighted by Gasteiger charge is 2.04. The molecule has 0 atom stereocenters. The number of nitro groups is 1. The quantitative estimate of drug-likeness (QED) is 0.122. The molecule has 0 aliphatic heterocycles. The van der Waals surface area contributed by atoms with Crippen molar-refractivity contribution in [2.24, 2.45) is 4.99 Å². The maximum Gasteiger partial charge on any atom is 0.271 e. The lowest BCUT2D eigenvalue weighted by atomic mass is 10.3. The Hall–Kier alpha value is -2.41. The number of anilines is 1. The van der Waals surface area contributed by atoms with Crippen molar-refractivity contribution in [3.63, 3.8) is 0 Å². The van der Waals surface area contributed by atoms with Crippen LogP contribution in [0, 0.1) is 15.5 Å². The number of halogens is 1. The standard InChI is InChI=1S/C11H11ClN4O3/c12-11(13)14-5-2-6-19-8-15-9-3-1-4-10(7-9)16(17)18/h1-7,13,15H,8H2. The lowest BCUT2D eigenvalue weighted by molar-refractivity contribution is -0.384. The SMILES string of the molecule is N=C(Cl)N=CC=COCNc1cccc([N+](=O)[O-])c1.